The quantitative estimate of drug-likeness (QED) is 0.416. The fourth-order valence-electron chi connectivity index (χ4n) is 0. The molecule has 0 rings (SSSR count). The lowest BCUT2D eigenvalue weighted by molar-refractivity contribution is -0.191. The van der Waals surface area contributed by atoms with Crippen LogP contribution in [-0.4, -0.2) is 12.9 Å². The summed E-state index contributed by atoms with van der Waals surface area (Å²) >= 11 is 0. The van der Waals surface area contributed by atoms with Gasteiger partial charge >= 0.3 is 6.15 Å². The van der Waals surface area contributed by atoms with E-state index in [2.05, 4.69) is 26.0 Å². The largest absolute Gasteiger partial charge is 0.373 e. The highest BCUT2D eigenvalue weighted by Crippen LogP contribution is 1.14. The minimum Gasteiger partial charge on any atom is -0.307 e. The van der Waals surface area contributed by atoms with Crippen LogP contribution in [0.15, 0.2) is 13.2 Å². The first-order valence-electron chi connectivity index (χ1n) is 2.53. The normalized spacial score (nSPS) is 2.00. The van der Waals surface area contributed by atoms with Gasteiger partial charge in [0, 0.05) is 0 Å². The predicted octanol–water partition coefficient (Wildman–Crippen LogP) is 1.95. The number of rotatable bonds is 0. The van der Waals surface area contributed by atoms with E-state index in [4.69, 9.17) is 14.4 Å². The molecule has 0 fully saturated rings. The Bertz CT molecular complexity index is 69.1. The number of hydrogen-bond donors (Lipinski definition) is 0. The van der Waals surface area contributed by atoms with Crippen LogP contribution >= 0.6 is 0 Å². The summed E-state index contributed by atoms with van der Waals surface area (Å²) in [6.07, 6.45) is 8.25. The first kappa shape index (κ1) is 47.8. The molecule has 0 aromatic heterocycles. The Kier molecular flexibility index (Phi) is 6150. The zero-order valence-corrected chi connectivity index (χ0v) is 7.00. The zero-order chi connectivity index (χ0) is 10.7. The molecule has 0 bridgehead atoms. The Morgan fingerprint density at radius 1 is 1.00 bits per heavy atom. The van der Waals surface area contributed by atoms with Gasteiger partial charge in [-0.25, -0.2) is 0 Å². The van der Waals surface area contributed by atoms with E-state index in [1.54, 1.807) is 0 Å². The molecule has 0 saturated carbocycles. The summed E-state index contributed by atoms with van der Waals surface area (Å²) in [7, 11) is 0. The zero-order valence-electron chi connectivity index (χ0n) is 7.00. The van der Waals surface area contributed by atoms with Crippen LogP contribution in [0, 0.1) is 12.8 Å². The molecule has 0 atom stereocenters. The minimum absolute atomic E-state index is 0. The van der Waals surface area contributed by atoms with Crippen LogP contribution in [0.5, 0.6) is 0 Å². The summed E-state index contributed by atoms with van der Waals surface area (Å²) in [5.74, 6) is 0. The van der Waals surface area contributed by atoms with Gasteiger partial charge in [0.1, 0.15) is 6.79 Å². The highest BCUT2D eigenvalue weighted by atomic mass is 16.2. The van der Waals surface area contributed by atoms with Gasteiger partial charge in [-0.2, -0.15) is 9.59 Å². The number of terminal acetylenes is 1. The summed E-state index contributed by atoms with van der Waals surface area (Å²) in [4.78, 5) is 24.2. The molecule has 0 radical (unpaired) electrons. The van der Waals surface area contributed by atoms with Gasteiger partial charge in [-0.05, 0) is 0 Å². The topological polar surface area (TPSA) is 51.2 Å². The van der Waals surface area contributed by atoms with E-state index in [1.807, 2.05) is 20.6 Å². The number of carbonyl (C=O) groups excluding carboxylic acids is 3. The van der Waals surface area contributed by atoms with Crippen molar-refractivity contribution in [3.05, 3.63) is 13.2 Å². The van der Waals surface area contributed by atoms with Gasteiger partial charge in [0.2, 0.25) is 0 Å². The summed E-state index contributed by atoms with van der Waals surface area (Å²) in [6.45, 7) is 12.0. The number of carbonyl (C=O) groups is 1. The van der Waals surface area contributed by atoms with E-state index < -0.39 is 0 Å². The molecule has 0 heterocycles. The van der Waals surface area contributed by atoms with Gasteiger partial charge in [-0.15, -0.1) is 26.0 Å². The van der Waals surface area contributed by atoms with Crippen molar-refractivity contribution >= 4 is 12.9 Å². The third kappa shape index (κ3) is 166. The van der Waals surface area contributed by atoms with Crippen molar-refractivity contribution in [2.45, 2.75) is 21.3 Å². The Labute approximate surface area is 75.5 Å². The van der Waals surface area contributed by atoms with Gasteiger partial charge < -0.3 is 4.79 Å². The molecule has 0 spiro atoms. The van der Waals surface area contributed by atoms with Crippen molar-refractivity contribution in [3.63, 3.8) is 0 Å². The predicted molar refractivity (Wildman–Crippen MR) is 51.4 cm³/mol. The molecule has 0 N–H and O–H groups in total. The molecule has 0 amide bonds. The Balaban J connectivity index is -0.00000000933. The van der Waals surface area contributed by atoms with Crippen LogP contribution in [0.3, 0.4) is 0 Å². The van der Waals surface area contributed by atoms with Crippen LogP contribution < -0.4 is 0 Å². The van der Waals surface area contributed by atoms with Crippen LogP contribution in [0.4, 0.5) is 0 Å². The Hall–Kier alpha value is -1.65. The van der Waals surface area contributed by atoms with Crippen LogP contribution in [0.1, 0.15) is 21.3 Å². The van der Waals surface area contributed by atoms with E-state index in [9.17, 15) is 0 Å². The molecule has 0 saturated heterocycles. The molecular formula is C9H18O3. The number of hydrogen-bond acceptors (Lipinski definition) is 3. The van der Waals surface area contributed by atoms with E-state index in [-0.39, 0.29) is 13.6 Å². The highest BCUT2D eigenvalue weighted by molar-refractivity contribution is 5.20. The lowest BCUT2D eigenvalue weighted by Gasteiger charge is -1.07. The third-order valence-corrected chi connectivity index (χ3v) is 0. The van der Waals surface area contributed by atoms with Crippen molar-refractivity contribution in [1.29, 1.82) is 0 Å². The third-order valence-electron chi connectivity index (χ3n) is 0. The second kappa shape index (κ2) is 1540. The van der Waals surface area contributed by atoms with Gasteiger partial charge in [0.25, 0.3) is 0 Å². The summed E-state index contributed by atoms with van der Waals surface area (Å²) in [6, 6.07) is 0. The van der Waals surface area contributed by atoms with Crippen LogP contribution in [-0.2, 0) is 14.4 Å². The lowest BCUT2D eigenvalue weighted by atomic mass is 11.0. The second-order valence-electron chi connectivity index (χ2n) is 0.0833. The highest BCUT2D eigenvalue weighted by Gasteiger charge is 1.13. The lowest BCUT2D eigenvalue weighted by Crippen LogP contribution is -1.22. The van der Waals surface area contributed by atoms with Crippen molar-refractivity contribution in [3.8, 4) is 12.8 Å². The first-order chi connectivity index (χ1) is 5.41. The average Bonchev–Trinajstić information content (AvgIpc) is 2.18. The van der Waals surface area contributed by atoms with E-state index >= 15 is 0 Å². The Morgan fingerprint density at radius 3 is 1.00 bits per heavy atom. The van der Waals surface area contributed by atoms with Crippen molar-refractivity contribution < 1.29 is 14.4 Å². The molecular weight excluding hydrogens is 156 g/mol. The monoisotopic (exact) mass is 174 g/mol. The second-order valence-corrected chi connectivity index (χ2v) is 0.0833. The van der Waals surface area contributed by atoms with Crippen molar-refractivity contribution in [1.82, 2.24) is 0 Å². The fourth-order valence-corrected chi connectivity index (χ4v) is 0. The average molecular weight is 174 g/mol. The molecule has 0 aliphatic heterocycles. The maximum absolute atomic E-state index is 8.12. The SMILES string of the molecule is C.C#C.C=C.C=O.CC.O=C=O. The first-order valence-corrected chi connectivity index (χ1v) is 2.53. The van der Waals surface area contributed by atoms with Crippen molar-refractivity contribution in [2.24, 2.45) is 0 Å². The maximum atomic E-state index is 8.12. The molecule has 3 heteroatoms. The summed E-state index contributed by atoms with van der Waals surface area (Å²) < 4.78 is 0. The van der Waals surface area contributed by atoms with E-state index in [0.29, 0.717) is 0 Å². The molecule has 0 aliphatic rings. The van der Waals surface area contributed by atoms with Crippen molar-refractivity contribution in [2.75, 3.05) is 0 Å². The Morgan fingerprint density at radius 2 is 1.00 bits per heavy atom. The molecule has 0 unspecified atom stereocenters. The summed E-state index contributed by atoms with van der Waals surface area (Å²) in [5.41, 5.74) is 0. The minimum atomic E-state index is 0. The van der Waals surface area contributed by atoms with Gasteiger partial charge in [0.05, 0.1) is 0 Å². The van der Waals surface area contributed by atoms with Crippen LogP contribution in [0.25, 0.3) is 0 Å². The molecule has 12 heavy (non-hydrogen) atoms. The van der Waals surface area contributed by atoms with Crippen LogP contribution in [0.2, 0.25) is 0 Å². The van der Waals surface area contributed by atoms with Gasteiger partial charge in [-0.1, -0.05) is 21.3 Å². The molecule has 3 nitrogen and oxygen atoms in total. The van der Waals surface area contributed by atoms with E-state index in [1.165, 1.54) is 0 Å². The summed E-state index contributed by atoms with van der Waals surface area (Å²) in [5, 5.41) is 0. The van der Waals surface area contributed by atoms with Gasteiger partial charge in [0.15, 0.2) is 0 Å². The molecule has 72 valence electrons. The standard InChI is InChI=1S/C2H6.C2H4.C2H2.CO2.CH2O.CH4/c3*1-2;2-1-3;1-2;/h1-2H3;1-2H2;1-2H;;1H2;1H4. The smallest absolute Gasteiger partial charge is 0.307 e. The van der Waals surface area contributed by atoms with Gasteiger partial charge in [-0.3, -0.25) is 0 Å². The van der Waals surface area contributed by atoms with E-state index in [0.717, 1.165) is 0 Å². The molecule has 0 aliphatic carbocycles. The molecule has 0 aromatic carbocycles. The molecule has 0 aromatic rings. The maximum Gasteiger partial charge on any atom is 0.373 e. The fraction of sp³-hybridized carbons (Fsp3) is 0.333.